The summed E-state index contributed by atoms with van der Waals surface area (Å²) >= 11 is 0. The van der Waals surface area contributed by atoms with Crippen molar-refractivity contribution < 1.29 is 45.1 Å². The van der Waals surface area contributed by atoms with Crippen LogP contribution in [0.15, 0.2) is 60.7 Å². The fourth-order valence-corrected chi connectivity index (χ4v) is 7.37. The van der Waals surface area contributed by atoms with Crippen molar-refractivity contribution in [3.63, 3.8) is 0 Å². The molecule has 2 heterocycles. The molecule has 0 radical (unpaired) electrons. The van der Waals surface area contributed by atoms with E-state index in [0.717, 1.165) is 67.6 Å². The highest BCUT2D eigenvalue weighted by Gasteiger charge is 2.75. The highest BCUT2D eigenvalue weighted by molar-refractivity contribution is 5.99. The van der Waals surface area contributed by atoms with E-state index in [0.29, 0.717) is 36.4 Å². The van der Waals surface area contributed by atoms with Gasteiger partial charge in [0.2, 0.25) is 11.8 Å². The van der Waals surface area contributed by atoms with Gasteiger partial charge in [-0.15, -0.1) is 12.4 Å². The molecule has 1 saturated carbocycles. The van der Waals surface area contributed by atoms with Crippen molar-refractivity contribution in [2.45, 2.75) is 82.0 Å². The maximum absolute atomic E-state index is 14.4. The summed E-state index contributed by atoms with van der Waals surface area (Å²) in [6, 6.07) is 15.2. The topological polar surface area (TPSA) is 154 Å². The highest BCUT2D eigenvalue weighted by atomic mass is 35.5. The molecule has 18 heteroatoms. The molecule has 1 aliphatic heterocycles. The second-order valence-electron chi connectivity index (χ2n) is 14.9. The van der Waals surface area contributed by atoms with Gasteiger partial charge in [-0.3, -0.25) is 14.4 Å². The Kier molecular flexibility index (Phi) is 13.8. The van der Waals surface area contributed by atoms with Crippen LogP contribution in [0.25, 0.3) is 22.2 Å². The molecule has 1 aromatic heterocycles. The number of rotatable bonds is 12. The van der Waals surface area contributed by atoms with Crippen molar-refractivity contribution >= 4 is 46.8 Å². The van der Waals surface area contributed by atoms with E-state index in [9.17, 15) is 45.1 Å². The summed E-state index contributed by atoms with van der Waals surface area (Å²) in [5, 5.41) is 11.8. The van der Waals surface area contributed by atoms with E-state index < -0.39 is 35.8 Å². The predicted molar refractivity (Wildman–Crippen MR) is 207 cm³/mol. The number of halogens is 8. The smallest absolute Gasteiger partial charge is 0.349 e. The average molecular weight is 840 g/mol. The lowest BCUT2D eigenvalue weighted by Gasteiger charge is -2.28. The zero-order chi connectivity index (χ0) is 41.1. The molecule has 58 heavy (non-hydrogen) atoms. The second-order valence-corrected chi connectivity index (χ2v) is 14.9. The third kappa shape index (κ3) is 9.75. The van der Waals surface area contributed by atoms with E-state index in [2.05, 4.69) is 26.3 Å². The van der Waals surface area contributed by atoms with Gasteiger partial charge in [0.15, 0.2) is 5.82 Å². The summed E-state index contributed by atoms with van der Waals surface area (Å²) < 4.78 is 94.5. The predicted octanol–water partition coefficient (Wildman–Crippen LogP) is 7.16. The molecule has 6 rings (SSSR count). The number of benzene rings is 3. The lowest BCUT2D eigenvalue weighted by molar-refractivity contribution is -0.361. The molecule has 1 aliphatic carbocycles. The molecule has 0 bridgehead atoms. The van der Waals surface area contributed by atoms with E-state index in [-0.39, 0.29) is 59.3 Å². The Morgan fingerprint density at radius 2 is 1.55 bits per heavy atom. The Labute approximate surface area is 336 Å². The van der Waals surface area contributed by atoms with E-state index >= 15 is 0 Å². The van der Waals surface area contributed by atoms with Crippen molar-refractivity contribution in [2.24, 2.45) is 17.6 Å². The number of anilines is 1. The maximum Gasteiger partial charge on any atom is 0.460 e. The fourth-order valence-electron chi connectivity index (χ4n) is 7.37. The number of carbonyl (C=O) groups is 3. The van der Waals surface area contributed by atoms with E-state index in [1.54, 1.807) is 18.2 Å². The first-order valence-corrected chi connectivity index (χ1v) is 18.8. The quantitative estimate of drug-likeness (QED) is 0.0833. The first-order chi connectivity index (χ1) is 27.0. The van der Waals surface area contributed by atoms with Crippen LogP contribution >= 0.6 is 12.4 Å². The highest BCUT2D eigenvalue weighted by Crippen LogP contribution is 2.51. The van der Waals surface area contributed by atoms with Crippen molar-refractivity contribution in [1.82, 2.24) is 25.9 Å². The van der Waals surface area contributed by atoms with Crippen LogP contribution in [0.4, 0.5) is 36.4 Å². The number of piperidine rings is 1. The van der Waals surface area contributed by atoms with Crippen LogP contribution < -0.4 is 27.0 Å². The van der Waals surface area contributed by atoms with Gasteiger partial charge in [-0.1, -0.05) is 30.3 Å². The molecule has 3 amide bonds. The summed E-state index contributed by atoms with van der Waals surface area (Å²) in [6.07, 6.45) is -2.08. The number of nitrogens with two attached hydrogens (primary N) is 1. The number of aromatic amines is 1. The number of alkyl halides is 7. The van der Waals surface area contributed by atoms with Crippen LogP contribution in [0.3, 0.4) is 0 Å². The number of hydrogen-bond acceptors (Lipinski definition) is 6. The van der Waals surface area contributed by atoms with Gasteiger partial charge in [-0.05, 0) is 124 Å². The Balaban J connectivity index is 0.00000641. The lowest BCUT2D eigenvalue weighted by Crippen LogP contribution is -2.50. The molecule has 10 nitrogen and oxygen atoms in total. The molecule has 3 aromatic carbocycles. The minimum atomic E-state index is -6.55. The summed E-state index contributed by atoms with van der Waals surface area (Å²) in [6.45, 7) is 4.13. The molecule has 2 aliphatic rings. The number of hydrogen-bond donors (Lipinski definition) is 6. The van der Waals surface area contributed by atoms with Gasteiger partial charge >= 0.3 is 18.0 Å². The van der Waals surface area contributed by atoms with Crippen LogP contribution in [0.5, 0.6) is 0 Å². The zero-order valence-electron chi connectivity index (χ0n) is 31.5. The normalized spacial score (nSPS) is 18.6. The zero-order valence-corrected chi connectivity index (χ0v) is 32.3. The SMILES string of the molecule is Cc1cc(C(=O)NC2CCNCC2)ccc1-c1ccc(C[C@H](NC(=O)C2CCC(CN)CC2)C(=O)Nc2ccc3nc(C(F)(F)C(F)(F)C(F)(F)F)[nH]c3c2)cc1.Cl. The number of H-pyrrole nitrogens is 1. The number of aromatic nitrogens is 2. The summed E-state index contributed by atoms with van der Waals surface area (Å²) in [5.74, 6) is -15.2. The first-order valence-electron chi connectivity index (χ1n) is 18.8. The van der Waals surface area contributed by atoms with Gasteiger partial charge in [0.25, 0.3) is 5.91 Å². The van der Waals surface area contributed by atoms with Gasteiger partial charge in [-0.25, -0.2) is 4.98 Å². The Morgan fingerprint density at radius 1 is 0.879 bits per heavy atom. The third-order valence-electron chi connectivity index (χ3n) is 10.8. The van der Waals surface area contributed by atoms with Gasteiger partial charge in [-0.2, -0.15) is 30.7 Å². The van der Waals surface area contributed by atoms with Gasteiger partial charge < -0.3 is 32.0 Å². The summed E-state index contributed by atoms with van der Waals surface area (Å²) in [5.41, 5.74) is 8.99. The third-order valence-corrected chi connectivity index (χ3v) is 10.8. The molecule has 0 unspecified atom stereocenters. The lowest BCUT2D eigenvalue weighted by atomic mass is 9.81. The minimum Gasteiger partial charge on any atom is -0.349 e. The monoisotopic (exact) mass is 839 g/mol. The van der Waals surface area contributed by atoms with E-state index in [4.69, 9.17) is 5.73 Å². The molecule has 1 atom stereocenters. The minimum absolute atomic E-state index is 0. The van der Waals surface area contributed by atoms with Gasteiger partial charge in [0.1, 0.15) is 6.04 Å². The van der Waals surface area contributed by atoms with Crippen LogP contribution in [-0.4, -0.2) is 71.5 Å². The summed E-state index contributed by atoms with van der Waals surface area (Å²) in [4.78, 5) is 45.2. The van der Waals surface area contributed by atoms with Crippen molar-refractivity contribution in [1.29, 1.82) is 0 Å². The van der Waals surface area contributed by atoms with Gasteiger partial charge in [0, 0.05) is 29.6 Å². The number of nitrogens with one attached hydrogen (secondary N) is 5. The van der Waals surface area contributed by atoms with Crippen LogP contribution in [0.1, 0.15) is 65.8 Å². The average Bonchev–Trinajstić information content (AvgIpc) is 3.62. The number of fused-ring (bicyclic) bond motifs is 1. The first kappa shape index (κ1) is 44.4. The molecule has 7 N–H and O–H groups in total. The van der Waals surface area contributed by atoms with E-state index in [1.807, 2.05) is 36.2 Å². The van der Waals surface area contributed by atoms with Crippen LogP contribution in [0, 0.1) is 18.8 Å². The standard InChI is InChI=1S/C40H44F7N7O3.ClH/c1-22-18-27(35(56)50-28-14-16-49-17-15-28)10-12-30(22)25-6-2-23(3-7-25)19-33(52-34(55)26-8-4-24(21-48)5-9-26)36(57)51-29-11-13-31-32(20-29)54-37(53-31)38(41,42)39(43,44)40(45,46)47;/h2-3,6-7,10-13,18,20,24,26,28,33,49H,4-5,8-9,14-17,19,21,48H2,1H3,(H,50,56)(H,51,57)(H,52,55)(H,53,54);1H/t24?,26?,33-;/m0./s1. The largest absolute Gasteiger partial charge is 0.460 e. The second kappa shape index (κ2) is 18.0. The molecule has 1 saturated heterocycles. The number of imidazole rings is 1. The van der Waals surface area contributed by atoms with E-state index in [1.165, 1.54) is 6.07 Å². The Bertz CT molecular complexity index is 2080. The fraction of sp³-hybridized carbons (Fsp3) is 0.450. The van der Waals surface area contributed by atoms with Crippen molar-refractivity contribution in [3.8, 4) is 11.1 Å². The molecular formula is C40H45ClF7N7O3. The van der Waals surface area contributed by atoms with Crippen molar-refractivity contribution in [3.05, 3.63) is 83.2 Å². The maximum atomic E-state index is 14.4. The summed E-state index contributed by atoms with van der Waals surface area (Å²) in [7, 11) is 0. The Hall–Kier alpha value is -4.74. The van der Waals surface area contributed by atoms with Crippen LogP contribution in [0.2, 0.25) is 0 Å². The molecule has 0 spiro atoms. The van der Waals surface area contributed by atoms with Crippen LogP contribution in [-0.2, 0) is 21.9 Å². The molecule has 314 valence electrons. The van der Waals surface area contributed by atoms with Gasteiger partial charge in [0.05, 0.1) is 11.0 Å². The molecular weight excluding hydrogens is 795 g/mol. The number of nitrogens with zero attached hydrogens (tertiary/aromatic N) is 1. The van der Waals surface area contributed by atoms with Crippen molar-refractivity contribution in [2.75, 3.05) is 25.0 Å². The number of amides is 3. The number of carbonyl (C=O) groups excluding carboxylic acids is 3. The molecule has 4 aromatic rings. The number of aryl methyl sites for hydroxylation is 1. The Morgan fingerprint density at radius 3 is 2.17 bits per heavy atom. The molecule has 2 fully saturated rings.